The maximum atomic E-state index is 12.7. The summed E-state index contributed by atoms with van der Waals surface area (Å²) in [6.45, 7) is 2.97. The van der Waals surface area contributed by atoms with Crippen molar-refractivity contribution in [2.75, 3.05) is 18.0 Å². The Hall–Kier alpha value is -1.81. The lowest BCUT2D eigenvalue weighted by Gasteiger charge is -2.36. The predicted molar refractivity (Wildman–Crippen MR) is 67.9 cm³/mol. The van der Waals surface area contributed by atoms with E-state index in [9.17, 15) is 13.2 Å². The van der Waals surface area contributed by atoms with Gasteiger partial charge in [0.25, 0.3) is 0 Å². The second-order valence-electron chi connectivity index (χ2n) is 5.05. The zero-order valence-electron chi connectivity index (χ0n) is 11.0. The molecule has 0 spiro atoms. The Balaban J connectivity index is 2.37. The first-order valence-corrected chi connectivity index (χ1v) is 6.32. The van der Waals surface area contributed by atoms with E-state index in [0.717, 1.165) is 18.6 Å². The summed E-state index contributed by atoms with van der Waals surface area (Å²) < 4.78 is 38.2. The Morgan fingerprint density at radius 1 is 1.45 bits per heavy atom. The van der Waals surface area contributed by atoms with Gasteiger partial charge in [0.1, 0.15) is 17.6 Å². The fourth-order valence-corrected chi connectivity index (χ4v) is 2.23. The van der Waals surface area contributed by atoms with Gasteiger partial charge in [0, 0.05) is 19.1 Å². The molecule has 0 radical (unpaired) electrons. The molecule has 1 saturated heterocycles. The highest BCUT2D eigenvalue weighted by molar-refractivity contribution is 5.55. The third-order valence-corrected chi connectivity index (χ3v) is 3.60. The van der Waals surface area contributed by atoms with E-state index in [1.807, 2.05) is 13.0 Å². The first-order valence-electron chi connectivity index (χ1n) is 6.32. The van der Waals surface area contributed by atoms with Crippen LogP contribution in [0.25, 0.3) is 0 Å². The number of hydrogen-bond donors (Lipinski definition) is 1. The fraction of sp³-hybridized carbons (Fsp3) is 0.538. The molecule has 0 saturated carbocycles. The number of anilines is 1. The Morgan fingerprint density at radius 3 is 2.70 bits per heavy atom. The highest BCUT2D eigenvalue weighted by Crippen LogP contribution is 2.31. The SMILES string of the molecule is CC1CCN(c2nc(C(F)(F)F)ccc2C#N)CC1N. The number of aromatic nitrogens is 1. The molecule has 1 fully saturated rings. The Bertz CT molecular complexity index is 535. The Kier molecular flexibility index (Phi) is 3.86. The molecule has 1 aliphatic rings. The molecule has 20 heavy (non-hydrogen) atoms. The summed E-state index contributed by atoms with van der Waals surface area (Å²) in [5, 5.41) is 9.03. The van der Waals surface area contributed by atoms with Gasteiger partial charge in [-0.25, -0.2) is 4.98 Å². The van der Waals surface area contributed by atoms with E-state index in [1.165, 1.54) is 0 Å². The zero-order valence-corrected chi connectivity index (χ0v) is 11.0. The molecule has 1 aromatic heterocycles. The molecule has 1 aliphatic heterocycles. The van der Waals surface area contributed by atoms with Crippen molar-refractivity contribution in [3.8, 4) is 6.07 Å². The van der Waals surface area contributed by atoms with Crippen LogP contribution in [-0.2, 0) is 6.18 Å². The van der Waals surface area contributed by atoms with E-state index in [1.54, 1.807) is 4.90 Å². The van der Waals surface area contributed by atoms with Gasteiger partial charge in [-0.2, -0.15) is 18.4 Å². The van der Waals surface area contributed by atoms with E-state index < -0.39 is 11.9 Å². The van der Waals surface area contributed by atoms with Gasteiger partial charge < -0.3 is 10.6 Å². The zero-order chi connectivity index (χ0) is 14.9. The summed E-state index contributed by atoms with van der Waals surface area (Å²) in [5.74, 6) is 0.382. The molecule has 0 aliphatic carbocycles. The van der Waals surface area contributed by atoms with Crippen molar-refractivity contribution in [1.29, 1.82) is 5.26 Å². The number of nitriles is 1. The smallest absolute Gasteiger partial charge is 0.354 e. The molecule has 7 heteroatoms. The van der Waals surface area contributed by atoms with Gasteiger partial charge in [-0.3, -0.25) is 0 Å². The summed E-state index contributed by atoms with van der Waals surface area (Å²) in [6, 6.07) is 3.74. The summed E-state index contributed by atoms with van der Waals surface area (Å²) in [6.07, 6.45) is -3.75. The van der Waals surface area contributed by atoms with E-state index in [-0.39, 0.29) is 17.4 Å². The molecule has 2 atom stereocenters. The number of nitrogens with zero attached hydrogens (tertiary/aromatic N) is 3. The van der Waals surface area contributed by atoms with E-state index in [2.05, 4.69) is 4.98 Å². The summed E-state index contributed by atoms with van der Waals surface area (Å²) >= 11 is 0. The number of hydrogen-bond acceptors (Lipinski definition) is 4. The summed E-state index contributed by atoms with van der Waals surface area (Å²) in [5.41, 5.74) is 5.10. The fourth-order valence-electron chi connectivity index (χ4n) is 2.23. The second-order valence-corrected chi connectivity index (χ2v) is 5.05. The van der Waals surface area contributed by atoms with Crippen LogP contribution in [0, 0.1) is 17.2 Å². The van der Waals surface area contributed by atoms with Crippen LogP contribution >= 0.6 is 0 Å². The number of piperidine rings is 1. The molecule has 0 amide bonds. The molecule has 4 nitrogen and oxygen atoms in total. The first kappa shape index (κ1) is 14.6. The second kappa shape index (κ2) is 5.29. The molecule has 1 aromatic rings. The van der Waals surface area contributed by atoms with Gasteiger partial charge in [0.05, 0.1) is 5.56 Å². The quantitative estimate of drug-likeness (QED) is 0.858. The van der Waals surface area contributed by atoms with Crippen molar-refractivity contribution < 1.29 is 13.2 Å². The number of nitrogens with two attached hydrogens (primary N) is 1. The third-order valence-electron chi connectivity index (χ3n) is 3.60. The molecular formula is C13H15F3N4. The van der Waals surface area contributed by atoms with Gasteiger partial charge in [-0.1, -0.05) is 6.92 Å². The van der Waals surface area contributed by atoms with E-state index in [4.69, 9.17) is 11.0 Å². The van der Waals surface area contributed by atoms with Crippen LogP contribution in [0.1, 0.15) is 24.6 Å². The molecule has 2 rings (SSSR count). The highest BCUT2D eigenvalue weighted by Gasteiger charge is 2.34. The highest BCUT2D eigenvalue weighted by atomic mass is 19.4. The number of rotatable bonds is 1. The molecule has 2 heterocycles. The maximum absolute atomic E-state index is 12.7. The van der Waals surface area contributed by atoms with E-state index in [0.29, 0.717) is 19.0 Å². The topological polar surface area (TPSA) is 65.9 Å². The minimum absolute atomic E-state index is 0.0738. The van der Waals surface area contributed by atoms with Crippen molar-refractivity contribution in [3.63, 3.8) is 0 Å². The lowest BCUT2D eigenvalue weighted by molar-refractivity contribution is -0.141. The van der Waals surface area contributed by atoms with Gasteiger partial charge in [0.2, 0.25) is 0 Å². The van der Waals surface area contributed by atoms with Crippen molar-refractivity contribution in [2.45, 2.75) is 25.6 Å². The minimum atomic E-state index is -4.52. The normalized spacial score (nSPS) is 23.5. The van der Waals surface area contributed by atoms with Gasteiger partial charge in [0.15, 0.2) is 0 Å². The van der Waals surface area contributed by atoms with Crippen molar-refractivity contribution >= 4 is 5.82 Å². The number of pyridine rings is 1. The molecule has 108 valence electrons. The monoisotopic (exact) mass is 284 g/mol. The van der Waals surface area contributed by atoms with Gasteiger partial charge in [-0.15, -0.1) is 0 Å². The Labute approximate surface area is 115 Å². The predicted octanol–water partition coefficient (Wildman–Crippen LogP) is 2.15. The molecule has 2 N–H and O–H groups in total. The standard InChI is InChI=1S/C13H15F3N4/c1-8-4-5-20(7-10(8)18)12-9(6-17)2-3-11(19-12)13(14,15)16/h2-3,8,10H,4-5,7,18H2,1H3. The van der Waals surface area contributed by atoms with Crippen LogP contribution in [0.4, 0.5) is 19.0 Å². The van der Waals surface area contributed by atoms with Crippen LogP contribution in [0.5, 0.6) is 0 Å². The van der Waals surface area contributed by atoms with Crippen LogP contribution < -0.4 is 10.6 Å². The molecule has 0 aromatic carbocycles. The van der Waals surface area contributed by atoms with Gasteiger partial charge in [-0.05, 0) is 24.5 Å². The average molecular weight is 284 g/mol. The number of alkyl halides is 3. The van der Waals surface area contributed by atoms with Crippen LogP contribution in [0.2, 0.25) is 0 Å². The van der Waals surface area contributed by atoms with Crippen LogP contribution in [-0.4, -0.2) is 24.1 Å². The lowest BCUT2D eigenvalue weighted by atomic mass is 9.94. The van der Waals surface area contributed by atoms with Crippen molar-refractivity contribution in [1.82, 2.24) is 4.98 Å². The third kappa shape index (κ3) is 2.85. The van der Waals surface area contributed by atoms with Crippen molar-refractivity contribution in [3.05, 3.63) is 23.4 Å². The number of halogens is 3. The minimum Gasteiger partial charge on any atom is -0.354 e. The molecule has 0 bridgehead atoms. The van der Waals surface area contributed by atoms with Crippen LogP contribution in [0.3, 0.4) is 0 Å². The summed E-state index contributed by atoms with van der Waals surface area (Å²) in [4.78, 5) is 5.29. The lowest BCUT2D eigenvalue weighted by Crippen LogP contribution is -2.48. The maximum Gasteiger partial charge on any atom is 0.433 e. The first-order chi connectivity index (χ1) is 9.32. The van der Waals surface area contributed by atoms with Crippen molar-refractivity contribution in [2.24, 2.45) is 11.7 Å². The largest absolute Gasteiger partial charge is 0.433 e. The summed E-state index contributed by atoms with van der Waals surface area (Å²) in [7, 11) is 0. The Morgan fingerprint density at radius 2 is 2.15 bits per heavy atom. The average Bonchev–Trinajstić information content (AvgIpc) is 2.40. The van der Waals surface area contributed by atoms with E-state index >= 15 is 0 Å². The molecule has 2 unspecified atom stereocenters. The van der Waals surface area contributed by atoms with Crippen LogP contribution in [0.15, 0.2) is 12.1 Å². The van der Waals surface area contributed by atoms with Gasteiger partial charge >= 0.3 is 6.18 Å². The molecular weight excluding hydrogens is 269 g/mol.